The highest BCUT2D eigenvalue weighted by atomic mass is 31.2. The second-order valence-electron chi connectivity index (χ2n) is 3.08. The lowest BCUT2D eigenvalue weighted by molar-refractivity contribution is 0.175. The van der Waals surface area contributed by atoms with Crippen LogP contribution in [0.1, 0.15) is 5.56 Å². The Labute approximate surface area is 94.6 Å². The van der Waals surface area contributed by atoms with Crippen molar-refractivity contribution in [2.45, 2.75) is 6.42 Å². The largest absolute Gasteiger partial charge is 0.497 e. The van der Waals surface area contributed by atoms with E-state index >= 15 is 0 Å². The Balaban J connectivity index is 2.40. The summed E-state index contributed by atoms with van der Waals surface area (Å²) in [6.07, 6.45) is 0.540. The standard InChI is InChI=1S/C10H15O5P/c1-13-10-5-3-9(4-6-10)7-8-15-16(11,12)14-2/h3-6H,7-8H2,1-2H3,(H,11,12). The number of phosphoric acid groups is 1. The monoisotopic (exact) mass is 246 g/mol. The molecule has 0 spiro atoms. The fourth-order valence-electron chi connectivity index (χ4n) is 1.12. The quantitative estimate of drug-likeness (QED) is 0.778. The highest BCUT2D eigenvalue weighted by Gasteiger charge is 2.17. The average molecular weight is 246 g/mol. The van der Waals surface area contributed by atoms with Gasteiger partial charge in [0.1, 0.15) is 5.75 Å². The zero-order chi connectivity index (χ0) is 12.0. The number of methoxy groups -OCH3 is 1. The third-order valence-electron chi connectivity index (χ3n) is 2.03. The first kappa shape index (κ1) is 13.2. The number of rotatable bonds is 6. The molecule has 0 aromatic heterocycles. The van der Waals surface area contributed by atoms with Crippen LogP contribution in [-0.4, -0.2) is 25.7 Å². The Morgan fingerprint density at radius 3 is 2.38 bits per heavy atom. The second-order valence-corrected chi connectivity index (χ2v) is 4.64. The molecule has 1 aromatic rings. The molecule has 90 valence electrons. The maximum Gasteiger partial charge on any atom is 0.471 e. The minimum Gasteiger partial charge on any atom is -0.497 e. The Kier molecular flexibility index (Phi) is 4.96. The lowest BCUT2D eigenvalue weighted by atomic mass is 10.1. The molecule has 6 heteroatoms. The van der Waals surface area contributed by atoms with Crippen LogP contribution in [0.4, 0.5) is 0 Å². The van der Waals surface area contributed by atoms with E-state index in [2.05, 4.69) is 4.52 Å². The van der Waals surface area contributed by atoms with Gasteiger partial charge in [0.15, 0.2) is 0 Å². The number of hydrogen-bond acceptors (Lipinski definition) is 4. The maximum atomic E-state index is 11.0. The van der Waals surface area contributed by atoms with E-state index in [0.29, 0.717) is 6.42 Å². The van der Waals surface area contributed by atoms with Gasteiger partial charge < -0.3 is 9.63 Å². The molecule has 1 atom stereocenters. The molecule has 0 amide bonds. The van der Waals surface area contributed by atoms with Gasteiger partial charge >= 0.3 is 7.82 Å². The van der Waals surface area contributed by atoms with E-state index in [1.807, 2.05) is 24.3 Å². The summed E-state index contributed by atoms with van der Waals surface area (Å²) in [7, 11) is -1.12. The van der Waals surface area contributed by atoms with Gasteiger partial charge in [0.05, 0.1) is 13.7 Å². The minimum absolute atomic E-state index is 0.133. The molecule has 0 saturated carbocycles. The lowest BCUT2D eigenvalue weighted by Crippen LogP contribution is -1.98. The molecule has 0 bridgehead atoms. The molecule has 1 unspecified atom stereocenters. The maximum absolute atomic E-state index is 11.0. The van der Waals surface area contributed by atoms with Crippen molar-refractivity contribution < 1.29 is 23.2 Å². The van der Waals surface area contributed by atoms with Gasteiger partial charge in [-0.15, -0.1) is 0 Å². The van der Waals surface area contributed by atoms with Crippen molar-refractivity contribution in [1.29, 1.82) is 0 Å². The van der Waals surface area contributed by atoms with E-state index in [1.165, 1.54) is 0 Å². The molecule has 0 heterocycles. The molecule has 0 aliphatic rings. The smallest absolute Gasteiger partial charge is 0.471 e. The molecule has 16 heavy (non-hydrogen) atoms. The Bertz CT molecular complexity index is 362. The summed E-state index contributed by atoms with van der Waals surface area (Å²) < 4.78 is 25.0. The molecule has 0 aliphatic heterocycles. The average Bonchev–Trinajstić information content (AvgIpc) is 2.30. The van der Waals surface area contributed by atoms with Crippen LogP contribution in [0.15, 0.2) is 24.3 Å². The van der Waals surface area contributed by atoms with Crippen molar-refractivity contribution in [1.82, 2.24) is 0 Å². The van der Waals surface area contributed by atoms with Crippen LogP contribution in [0.5, 0.6) is 5.75 Å². The van der Waals surface area contributed by atoms with Crippen molar-refractivity contribution in [3.05, 3.63) is 29.8 Å². The Morgan fingerprint density at radius 2 is 1.88 bits per heavy atom. The van der Waals surface area contributed by atoms with Crippen molar-refractivity contribution in [3.8, 4) is 5.75 Å². The topological polar surface area (TPSA) is 65.0 Å². The van der Waals surface area contributed by atoms with Gasteiger partial charge in [-0.1, -0.05) is 12.1 Å². The van der Waals surface area contributed by atoms with Gasteiger partial charge in [0, 0.05) is 7.11 Å². The van der Waals surface area contributed by atoms with Gasteiger partial charge in [-0.05, 0) is 24.1 Å². The normalized spacial score (nSPS) is 14.4. The van der Waals surface area contributed by atoms with Gasteiger partial charge in [0.2, 0.25) is 0 Å². The SMILES string of the molecule is COc1ccc(CCOP(=O)(O)OC)cc1. The van der Waals surface area contributed by atoms with Gasteiger partial charge in [-0.25, -0.2) is 4.57 Å². The van der Waals surface area contributed by atoms with Crippen LogP contribution in [0, 0.1) is 0 Å². The Hall–Kier alpha value is -0.870. The predicted octanol–water partition coefficient (Wildman–Crippen LogP) is 2.00. The van der Waals surface area contributed by atoms with Crippen molar-refractivity contribution in [2.24, 2.45) is 0 Å². The van der Waals surface area contributed by atoms with Crippen LogP contribution in [0.2, 0.25) is 0 Å². The van der Waals surface area contributed by atoms with Crippen molar-refractivity contribution >= 4 is 7.82 Å². The van der Waals surface area contributed by atoms with E-state index in [0.717, 1.165) is 18.4 Å². The molecule has 1 rings (SSSR count). The van der Waals surface area contributed by atoms with Gasteiger partial charge in [-0.2, -0.15) is 0 Å². The van der Waals surface area contributed by atoms with Crippen LogP contribution in [0.3, 0.4) is 0 Å². The van der Waals surface area contributed by atoms with E-state index in [9.17, 15) is 4.57 Å². The highest BCUT2D eigenvalue weighted by Crippen LogP contribution is 2.41. The molecule has 0 radical (unpaired) electrons. The summed E-state index contributed by atoms with van der Waals surface area (Å²) in [5, 5.41) is 0. The van der Waals surface area contributed by atoms with E-state index in [1.54, 1.807) is 7.11 Å². The van der Waals surface area contributed by atoms with E-state index in [-0.39, 0.29) is 6.61 Å². The third-order valence-corrected chi connectivity index (χ3v) is 3.01. The molecule has 1 aromatic carbocycles. The number of ether oxygens (including phenoxy) is 1. The molecule has 0 aliphatic carbocycles. The molecule has 0 saturated heterocycles. The number of benzene rings is 1. The third kappa shape index (κ3) is 4.33. The fraction of sp³-hybridized carbons (Fsp3) is 0.400. The molecule has 5 nitrogen and oxygen atoms in total. The lowest BCUT2D eigenvalue weighted by Gasteiger charge is -2.09. The summed E-state index contributed by atoms with van der Waals surface area (Å²) in [6.45, 7) is 0.133. The summed E-state index contributed by atoms with van der Waals surface area (Å²) >= 11 is 0. The van der Waals surface area contributed by atoms with Gasteiger partial charge in [-0.3, -0.25) is 9.05 Å². The highest BCUT2D eigenvalue weighted by molar-refractivity contribution is 7.47. The Morgan fingerprint density at radius 1 is 1.25 bits per heavy atom. The van der Waals surface area contributed by atoms with Gasteiger partial charge in [0.25, 0.3) is 0 Å². The van der Waals surface area contributed by atoms with Crippen LogP contribution < -0.4 is 4.74 Å². The van der Waals surface area contributed by atoms with Crippen molar-refractivity contribution in [3.63, 3.8) is 0 Å². The first-order valence-corrected chi connectivity index (χ1v) is 6.23. The van der Waals surface area contributed by atoms with Crippen LogP contribution in [0.25, 0.3) is 0 Å². The molecular weight excluding hydrogens is 231 g/mol. The molecule has 1 N–H and O–H groups in total. The minimum atomic E-state index is -3.85. The fourth-order valence-corrected chi connectivity index (χ4v) is 1.55. The van der Waals surface area contributed by atoms with E-state index in [4.69, 9.17) is 14.2 Å². The summed E-state index contributed by atoms with van der Waals surface area (Å²) in [5.41, 5.74) is 0.997. The zero-order valence-corrected chi connectivity index (χ0v) is 10.1. The summed E-state index contributed by atoms with van der Waals surface area (Å²) in [4.78, 5) is 8.97. The van der Waals surface area contributed by atoms with Crippen LogP contribution in [-0.2, 0) is 20.0 Å². The summed E-state index contributed by atoms with van der Waals surface area (Å²) in [5.74, 6) is 0.773. The number of hydrogen-bond donors (Lipinski definition) is 1. The second kappa shape index (κ2) is 6.01. The first-order chi connectivity index (χ1) is 7.57. The first-order valence-electron chi connectivity index (χ1n) is 4.73. The summed E-state index contributed by atoms with van der Waals surface area (Å²) in [6, 6.07) is 7.39. The molecule has 0 fully saturated rings. The zero-order valence-electron chi connectivity index (χ0n) is 9.25. The molecular formula is C10H15O5P. The van der Waals surface area contributed by atoms with E-state index < -0.39 is 7.82 Å². The van der Waals surface area contributed by atoms with Crippen molar-refractivity contribution in [2.75, 3.05) is 20.8 Å². The van der Waals surface area contributed by atoms with Crippen LogP contribution >= 0.6 is 7.82 Å². The predicted molar refractivity (Wildman–Crippen MR) is 59.5 cm³/mol. The number of phosphoric ester groups is 1.